The summed E-state index contributed by atoms with van der Waals surface area (Å²) in [5.41, 5.74) is 8.41. The third-order valence-electron chi connectivity index (χ3n) is 2.19. The monoisotopic (exact) mass is 200 g/mol. The molecule has 0 saturated carbocycles. The van der Waals surface area contributed by atoms with Crippen LogP contribution in [-0.2, 0) is 0 Å². The van der Waals surface area contributed by atoms with E-state index < -0.39 is 0 Å². The minimum Gasteiger partial charge on any atom is -0.399 e. The molecule has 1 aromatic heterocycles. The number of hydrogen-bond donors (Lipinski definition) is 1. The van der Waals surface area contributed by atoms with E-state index in [2.05, 4.69) is 9.97 Å². The lowest BCUT2D eigenvalue weighted by atomic mass is 10.2. The first kappa shape index (κ1) is 9.45. The molecule has 0 saturated heterocycles. The predicted octanol–water partition coefficient (Wildman–Crippen LogP) is 1.83. The van der Waals surface area contributed by atoms with Gasteiger partial charge in [0.1, 0.15) is 6.33 Å². The van der Waals surface area contributed by atoms with Crippen molar-refractivity contribution in [3.8, 4) is 0 Å². The SMILES string of the molecule is CN(c1cncnc1)c1cccc(N)c1. The van der Waals surface area contributed by atoms with Crippen LogP contribution in [0.4, 0.5) is 17.1 Å². The lowest BCUT2D eigenvalue weighted by Gasteiger charge is -2.18. The van der Waals surface area contributed by atoms with E-state index in [0.717, 1.165) is 17.1 Å². The molecule has 4 nitrogen and oxygen atoms in total. The lowest BCUT2D eigenvalue weighted by Crippen LogP contribution is -2.10. The number of nitrogens with two attached hydrogens (primary N) is 1. The first-order valence-corrected chi connectivity index (χ1v) is 4.61. The number of aromatic nitrogens is 2. The van der Waals surface area contributed by atoms with E-state index in [4.69, 9.17) is 5.73 Å². The molecule has 0 fully saturated rings. The first-order chi connectivity index (χ1) is 7.27. The molecular weight excluding hydrogens is 188 g/mol. The second kappa shape index (κ2) is 3.96. The zero-order valence-corrected chi connectivity index (χ0v) is 8.46. The van der Waals surface area contributed by atoms with Crippen LogP contribution in [0, 0.1) is 0 Å². The minimum absolute atomic E-state index is 0.746. The van der Waals surface area contributed by atoms with Crippen molar-refractivity contribution in [1.82, 2.24) is 9.97 Å². The molecule has 0 aliphatic heterocycles. The molecule has 2 N–H and O–H groups in total. The van der Waals surface area contributed by atoms with Gasteiger partial charge in [-0.25, -0.2) is 9.97 Å². The number of anilines is 3. The Bertz CT molecular complexity index is 441. The van der Waals surface area contributed by atoms with Gasteiger partial charge in [0.2, 0.25) is 0 Å². The number of nitrogen functional groups attached to an aromatic ring is 1. The maximum absolute atomic E-state index is 5.72. The van der Waals surface area contributed by atoms with E-state index in [1.807, 2.05) is 36.2 Å². The van der Waals surface area contributed by atoms with Crippen molar-refractivity contribution in [3.63, 3.8) is 0 Å². The molecule has 1 heterocycles. The van der Waals surface area contributed by atoms with E-state index in [0.29, 0.717) is 0 Å². The molecule has 15 heavy (non-hydrogen) atoms. The van der Waals surface area contributed by atoms with Crippen LogP contribution in [0.15, 0.2) is 43.0 Å². The highest BCUT2D eigenvalue weighted by Gasteiger charge is 2.03. The molecule has 2 aromatic rings. The highest BCUT2D eigenvalue weighted by molar-refractivity contribution is 5.64. The van der Waals surface area contributed by atoms with Gasteiger partial charge in [-0.2, -0.15) is 0 Å². The molecule has 0 aliphatic carbocycles. The number of rotatable bonds is 2. The summed E-state index contributed by atoms with van der Waals surface area (Å²) < 4.78 is 0. The standard InChI is InChI=1S/C11H12N4/c1-15(11-6-13-8-14-7-11)10-4-2-3-9(12)5-10/h2-8H,12H2,1H3. The van der Waals surface area contributed by atoms with Crippen LogP contribution in [0.1, 0.15) is 0 Å². The van der Waals surface area contributed by atoms with Crippen molar-refractivity contribution < 1.29 is 0 Å². The van der Waals surface area contributed by atoms with Crippen LogP contribution in [0.2, 0.25) is 0 Å². The third-order valence-corrected chi connectivity index (χ3v) is 2.19. The molecule has 76 valence electrons. The summed E-state index contributed by atoms with van der Waals surface area (Å²) in [6.45, 7) is 0. The molecule has 0 atom stereocenters. The van der Waals surface area contributed by atoms with Gasteiger partial charge in [0.15, 0.2) is 0 Å². The summed E-state index contributed by atoms with van der Waals surface area (Å²) in [5.74, 6) is 0. The summed E-state index contributed by atoms with van der Waals surface area (Å²) >= 11 is 0. The Morgan fingerprint density at radius 1 is 1.13 bits per heavy atom. The highest BCUT2D eigenvalue weighted by Crippen LogP contribution is 2.23. The second-order valence-electron chi connectivity index (χ2n) is 3.25. The molecule has 0 amide bonds. The summed E-state index contributed by atoms with van der Waals surface area (Å²) in [7, 11) is 1.95. The average molecular weight is 200 g/mol. The van der Waals surface area contributed by atoms with E-state index in [9.17, 15) is 0 Å². The molecule has 1 aromatic carbocycles. The molecule has 0 spiro atoms. The van der Waals surface area contributed by atoms with Crippen molar-refractivity contribution in [2.45, 2.75) is 0 Å². The Morgan fingerprint density at radius 3 is 2.53 bits per heavy atom. The fourth-order valence-corrected chi connectivity index (χ4v) is 1.35. The van der Waals surface area contributed by atoms with Crippen molar-refractivity contribution in [3.05, 3.63) is 43.0 Å². The summed E-state index contributed by atoms with van der Waals surface area (Å²) in [6.07, 6.45) is 5.03. The van der Waals surface area contributed by atoms with E-state index >= 15 is 0 Å². The maximum atomic E-state index is 5.72. The van der Waals surface area contributed by atoms with Crippen molar-refractivity contribution in [1.29, 1.82) is 0 Å². The molecule has 2 rings (SSSR count). The van der Waals surface area contributed by atoms with E-state index in [-0.39, 0.29) is 0 Å². The quantitative estimate of drug-likeness (QED) is 0.751. The van der Waals surface area contributed by atoms with Crippen LogP contribution in [0.25, 0.3) is 0 Å². The van der Waals surface area contributed by atoms with Crippen molar-refractivity contribution in [2.75, 3.05) is 17.7 Å². The van der Waals surface area contributed by atoms with Gasteiger partial charge in [-0.3, -0.25) is 0 Å². The smallest absolute Gasteiger partial charge is 0.115 e. The zero-order chi connectivity index (χ0) is 10.7. The van der Waals surface area contributed by atoms with Crippen LogP contribution >= 0.6 is 0 Å². The predicted molar refractivity (Wildman–Crippen MR) is 60.9 cm³/mol. The summed E-state index contributed by atoms with van der Waals surface area (Å²) in [6, 6.07) is 7.68. The maximum Gasteiger partial charge on any atom is 0.115 e. The fraction of sp³-hybridized carbons (Fsp3) is 0.0909. The van der Waals surface area contributed by atoms with Gasteiger partial charge in [-0.15, -0.1) is 0 Å². The van der Waals surface area contributed by atoms with Crippen LogP contribution in [-0.4, -0.2) is 17.0 Å². The minimum atomic E-state index is 0.746. The Kier molecular flexibility index (Phi) is 2.49. The van der Waals surface area contributed by atoms with Crippen LogP contribution in [0.5, 0.6) is 0 Å². The highest BCUT2D eigenvalue weighted by atomic mass is 15.1. The topological polar surface area (TPSA) is 55.0 Å². The van der Waals surface area contributed by atoms with Crippen molar-refractivity contribution in [2.24, 2.45) is 0 Å². The fourth-order valence-electron chi connectivity index (χ4n) is 1.35. The summed E-state index contributed by atoms with van der Waals surface area (Å²) in [4.78, 5) is 9.92. The number of benzene rings is 1. The zero-order valence-electron chi connectivity index (χ0n) is 8.46. The molecular formula is C11H12N4. The Hall–Kier alpha value is -2.10. The first-order valence-electron chi connectivity index (χ1n) is 4.61. The second-order valence-corrected chi connectivity index (χ2v) is 3.25. The number of nitrogens with zero attached hydrogens (tertiary/aromatic N) is 3. The van der Waals surface area contributed by atoms with Gasteiger partial charge >= 0.3 is 0 Å². The Morgan fingerprint density at radius 2 is 1.87 bits per heavy atom. The lowest BCUT2D eigenvalue weighted by molar-refractivity contribution is 1.11. The van der Waals surface area contributed by atoms with E-state index in [1.165, 1.54) is 6.33 Å². The molecule has 0 unspecified atom stereocenters. The van der Waals surface area contributed by atoms with Crippen LogP contribution in [0.3, 0.4) is 0 Å². The molecule has 0 bridgehead atoms. The van der Waals surface area contributed by atoms with Gasteiger partial charge in [0.25, 0.3) is 0 Å². The molecule has 4 heteroatoms. The van der Waals surface area contributed by atoms with Gasteiger partial charge in [0.05, 0.1) is 18.1 Å². The largest absolute Gasteiger partial charge is 0.399 e. The molecule has 0 radical (unpaired) electrons. The van der Waals surface area contributed by atoms with Gasteiger partial charge in [0, 0.05) is 18.4 Å². The van der Waals surface area contributed by atoms with E-state index in [1.54, 1.807) is 12.4 Å². The third kappa shape index (κ3) is 2.04. The normalized spacial score (nSPS) is 9.93. The average Bonchev–Trinajstić information content (AvgIpc) is 2.29. The Labute approximate surface area is 88.4 Å². The van der Waals surface area contributed by atoms with Gasteiger partial charge in [-0.1, -0.05) is 6.07 Å². The Balaban J connectivity index is 2.32. The van der Waals surface area contributed by atoms with Gasteiger partial charge < -0.3 is 10.6 Å². The number of hydrogen-bond acceptors (Lipinski definition) is 4. The van der Waals surface area contributed by atoms with Crippen LogP contribution < -0.4 is 10.6 Å². The summed E-state index contributed by atoms with van der Waals surface area (Å²) in [5, 5.41) is 0. The van der Waals surface area contributed by atoms with Crippen molar-refractivity contribution >= 4 is 17.1 Å². The van der Waals surface area contributed by atoms with Gasteiger partial charge in [-0.05, 0) is 18.2 Å². The molecule has 0 aliphatic rings.